The molecule has 5 heterocycles. The van der Waals surface area contributed by atoms with Crippen LogP contribution in [0.3, 0.4) is 0 Å². The first-order valence-corrected chi connectivity index (χ1v) is 23.5. The second kappa shape index (κ2) is 22.8. The Labute approximate surface area is 424 Å². The van der Waals surface area contributed by atoms with E-state index in [1.165, 1.54) is 70.4 Å². The molecule has 0 aliphatic carbocycles. The molecule has 4 saturated heterocycles. The number of methoxy groups -OCH3 is 1. The van der Waals surface area contributed by atoms with E-state index in [1.54, 1.807) is 0 Å². The first-order chi connectivity index (χ1) is 35.6. The fourth-order valence-electron chi connectivity index (χ4n) is 8.76. The number of hydrogen-bond acceptors (Lipinski definition) is 26. The summed E-state index contributed by atoms with van der Waals surface area (Å²) in [7, 11) is 1.22. The number of benzene rings is 3. The molecule has 13 N–H and O–H groups in total. The lowest BCUT2D eigenvalue weighted by molar-refractivity contribution is -0.360. The van der Waals surface area contributed by atoms with Gasteiger partial charge in [-0.05, 0) is 62.7 Å². The van der Waals surface area contributed by atoms with E-state index >= 15 is 0 Å². The van der Waals surface area contributed by atoms with Crippen molar-refractivity contribution in [1.82, 2.24) is 0 Å². The van der Waals surface area contributed by atoms with Crippen molar-refractivity contribution in [3.8, 4) is 45.8 Å². The zero-order valence-corrected chi connectivity index (χ0v) is 40.2. The average Bonchev–Trinajstić information content (AvgIpc) is 3.38. The lowest BCUT2D eigenvalue weighted by Crippen LogP contribution is -2.65. The Morgan fingerprint density at radius 2 is 1.20 bits per heavy atom. The first kappa shape index (κ1) is 55.5. The maximum Gasteiger partial charge on any atom is 0.331 e. The summed E-state index contributed by atoms with van der Waals surface area (Å²) >= 11 is 0. The summed E-state index contributed by atoms with van der Waals surface area (Å²) in [4.78, 5) is 28.5. The van der Waals surface area contributed by atoms with Crippen LogP contribution in [0.25, 0.3) is 28.4 Å². The number of aromatic hydroxyl groups is 3. The van der Waals surface area contributed by atoms with E-state index in [1.807, 2.05) is 0 Å². The van der Waals surface area contributed by atoms with Crippen LogP contribution in [-0.4, -0.2) is 209 Å². The Balaban J connectivity index is 1.23. The number of hydrogen-bond donors (Lipinski definition) is 13. The standard InChI is InChI=1S/C49H58O26/c1-17-31(54)35(58)38(61)46(67-17)66-16-28-43(73-29(53)12-7-20-5-9-22(50)10-6-20)41(64)45(75-48-40(63)37(60)33(56)19(3)69-48)49(72-28)74-44-34(57)30-25(52)14-23(70-47-39(62)36(59)32(55)18(2)68-47)15-27(30)71-42(44)21-8-11-24(51)26(13-21)65-4/h5-15,17-19,28,31-33,35-41,43,45-52,54-56,58-64H,16H2,1-4H3. The molecule has 75 heavy (non-hydrogen) atoms. The highest BCUT2D eigenvalue weighted by Crippen LogP contribution is 2.42. The molecule has 0 amide bonds. The Hall–Kier alpha value is -5.76. The Morgan fingerprint density at radius 1 is 0.613 bits per heavy atom. The third kappa shape index (κ3) is 11.5. The number of carbonyl (C=O) groups excluding carboxylic acids is 1. The number of phenolic OH excluding ortho intramolecular Hbond substituents is 3. The maximum atomic E-state index is 14.9. The zero-order valence-electron chi connectivity index (χ0n) is 40.2. The molecule has 410 valence electrons. The van der Waals surface area contributed by atoms with Gasteiger partial charge < -0.3 is 118 Å². The van der Waals surface area contributed by atoms with Crippen LogP contribution in [0.15, 0.2) is 69.9 Å². The van der Waals surface area contributed by atoms with Gasteiger partial charge in [-0.2, -0.15) is 0 Å². The summed E-state index contributed by atoms with van der Waals surface area (Å²) in [6.07, 6.45) is -32.1. The molecule has 0 saturated carbocycles. The number of esters is 1. The number of rotatable bonds is 14. The van der Waals surface area contributed by atoms with E-state index in [0.29, 0.717) is 5.56 Å². The molecule has 8 rings (SSSR count). The molecule has 0 spiro atoms. The Bertz CT molecular complexity index is 2710. The van der Waals surface area contributed by atoms with Gasteiger partial charge in [-0.15, -0.1) is 0 Å². The molecule has 26 heteroatoms. The molecule has 20 atom stereocenters. The van der Waals surface area contributed by atoms with Crippen LogP contribution in [0.5, 0.6) is 34.5 Å². The third-order valence-electron chi connectivity index (χ3n) is 13.1. The Morgan fingerprint density at radius 3 is 1.83 bits per heavy atom. The SMILES string of the molecule is COc1cc(-c2oc3cc(OC4OC(C)C(O)C(O)C4O)cc(O)c3c(=O)c2OC2OC(COC3OC(C)C(O)C(O)C3O)C(OC(=O)C=Cc3ccc(O)cc3)C(O)C2OC2OC(C)C(O)C(O)C2O)ccc1O. The van der Waals surface area contributed by atoms with Crippen molar-refractivity contribution in [2.75, 3.05) is 13.7 Å². The summed E-state index contributed by atoms with van der Waals surface area (Å²) in [5, 5.41) is 139. The summed E-state index contributed by atoms with van der Waals surface area (Å²) in [6, 6.07) is 11.3. The van der Waals surface area contributed by atoms with Crippen molar-refractivity contribution in [3.63, 3.8) is 0 Å². The second-order valence-corrected chi connectivity index (χ2v) is 18.4. The summed E-state index contributed by atoms with van der Waals surface area (Å²) in [5.74, 6) is -4.11. The fourth-order valence-corrected chi connectivity index (χ4v) is 8.76. The van der Waals surface area contributed by atoms with Crippen LogP contribution in [0.2, 0.25) is 0 Å². The van der Waals surface area contributed by atoms with Gasteiger partial charge in [-0.25, -0.2) is 4.79 Å². The van der Waals surface area contributed by atoms with Gasteiger partial charge in [0.15, 0.2) is 42.0 Å². The number of carbonyl (C=O) groups is 1. The second-order valence-electron chi connectivity index (χ2n) is 18.4. The molecule has 4 aliphatic rings. The average molecular weight is 1060 g/mol. The third-order valence-corrected chi connectivity index (χ3v) is 13.1. The maximum absolute atomic E-state index is 14.9. The van der Waals surface area contributed by atoms with Crippen molar-refractivity contribution < 1.29 is 123 Å². The van der Waals surface area contributed by atoms with E-state index in [2.05, 4.69) is 0 Å². The van der Waals surface area contributed by atoms with Gasteiger partial charge in [0, 0.05) is 23.8 Å². The predicted octanol–water partition coefficient (Wildman–Crippen LogP) is -2.06. The molecule has 0 bridgehead atoms. The molecular weight excluding hydrogens is 1000 g/mol. The van der Waals surface area contributed by atoms with Crippen LogP contribution >= 0.6 is 0 Å². The van der Waals surface area contributed by atoms with Gasteiger partial charge in [0.25, 0.3) is 0 Å². The van der Waals surface area contributed by atoms with E-state index in [-0.39, 0.29) is 28.6 Å². The quantitative estimate of drug-likeness (QED) is 0.0477. The smallest absolute Gasteiger partial charge is 0.331 e. The summed E-state index contributed by atoms with van der Waals surface area (Å²) < 4.78 is 64.5. The largest absolute Gasteiger partial charge is 0.508 e. The lowest BCUT2D eigenvalue weighted by atomic mass is 9.97. The van der Waals surface area contributed by atoms with Gasteiger partial charge in [0.1, 0.15) is 95.4 Å². The molecule has 4 fully saturated rings. The summed E-state index contributed by atoms with van der Waals surface area (Å²) in [5.41, 5.74) is -1.21. The molecular formula is C49H58O26. The topological polar surface area (TPSA) is 403 Å². The molecule has 4 aromatic rings. The van der Waals surface area contributed by atoms with Gasteiger partial charge >= 0.3 is 5.97 Å². The monoisotopic (exact) mass is 1060 g/mol. The minimum Gasteiger partial charge on any atom is -0.508 e. The number of ether oxygens (including phenoxy) is 10. The van der Waals surface area contributed by atoms with Crippen LogP contribution < -0.4 is 19.6 Å². The van der Waals surface area contributed by atoms with Crippen LogP contribution in [0.4, 0.5) is 0 Å². The van der Waals surface area contributed by atoms with Crippen LogP contribution in [-0.2, 0) is 38.0 Å². The van der Waals surface area contributed by atoms with E-state index in [9.17, 15) is 76.0 Å². The van der Waals surface area contributed by atoms with Gasteiger partial charge in [-0.1, -0.05) is 12.1 Å². The minimum absolute atomic E-state index is 0.0577. The highest BCUT2D eigenvalue weighted by Gasteiger charge is 2.54. The van der Waals surface area contributed by atoms with E-state index in [4.69, 9.17) is 51.8 Å². The number of phenols is 3. The van der Waals surface area contributed by atoms with Crippen molar-refractivity contribution >= 4 is 23.0 Å². The van der Waals surface area contributed by atoms with Crippen molar-refractivity contribution in [1.29, 1.82) is 0 Å². The van der Waals surface area contributed by atoms with Crippen LogP contribution in [0, 0.1) is 0 Å². The van der Waals surface area contributed by atoms with Gasteiger partial charge in [0.05, 0.1) is 32.0 Å². The summed E-state index contributed by atoms with van der Waals surface area (Å²) in [6.45, 7) is 3.30. The van der Waals surface area contributed by atoms with Crippen molar-refractivity contribution in [2.45, 2.75) is 144 Å². The highest BCUT2D eigenvalue weighted by molar-refractivity contribution is 5.89. The number of aliphatic hydroxyl groups is 10. The number of fused-ring (bicyclic) bond motifs is 1. The molecule has 1 aromatic heterocycles. The van der Waals surface area contributed by atoms with Crippen molar-refractivity contribution in [2.24, 2.45) is 0 Å². The zero-order chi connectivity index (χ0) is 54.3. The molecule has 3 aromatic carbocycles. The van der Waals surface area contributed by atoms with Crippen LogP contribution in [0.1, 0.15) is 26.3 Å². The molecule has 26 nitrogen and oxygen atoms in total. The molecule has 0 radical (unpaired) electrons. The molecule has 4 aliphatic heterocycles. The number of aliphatic hydroxyl groups excluding tert-OH is 10. The minimum atomic E-state index is -2.18. The lowest BCUT2D eigenvalue weighted by Gasteiger charge is -2.47. The predicted molar refractivity (Wildman–Crippen MR) is 249 cm³/mol. The van der Waals surface area contributed by atoms with Gasteiger partial charge in [-0.3, -0.25) is 4.79 Å². The van der Waals surface area contributed by atoms with E-state index < -0.39 is 169 Å². The fraction of sp³-hybridized carbons (Fsp3) is 0.510. The normalized spacial score (nSPS) is 36.3. The van der Waals surface area contributed by atoms with E-state index in [0.717, 1.165) is 24.3 Å². The molecule has 20 unspecified atom stereocenters. The Kier molecular flexibility index (Phi) is 16.9. The van der Waals surface area contributed by atoms with Crippen molar-refractivity contribution in [3.05, 3.63) is 76.5 Å². The highest BCUT2D eigenvalue weighted by atomic mass is 16.8. The van der Waals surface area contributed by atoms with Gasteiger partial charge in [0.2, 0.25) is 23.8 Å². The first-order valence-electron chi connectivity index (χ1n) is 23.5.